The van der Waals surface area contributed by atoms with Crippen LogP contribution in [0.2, 0.25) is 0 Å². The van der Waals surface area contributed by atoms with E-state index in [-0.39, 0.29) is 0 Å². The van der Waals surface area contributed by atoms with E-state index in [2.05, 4.69) is 53.4 Å². The Morgan fingerprint density at radius 2 is 2.10 bits per heavy atom. The van der Waals surface area contributed by atoms with E-state index < -0.39 is 0 Å². The van der Waals surface area contributed by atoms with Gasteiger partial charge in [0.05, 0.1) is 0 Å². The number of piperidine rings is 1. The molecule has 1 atom stereocenters. The molecule has 118 valence electrons. The molecule has 1 fully saturated rings. The Morgan fingerprint density at radius 3 is 2.86 bits per heavy atom. The van der Waals surface area contributed by atoms with Crippen molar-refractivity contribution in [3.8, 4) is 0 Å². The number of nitrogens with zero attached hydrogens (tertiary/aromatic N) is 2. The van der Waals surface area contributed by atoms with Gasteiger partial charge < -0.3 is 9.80 Å². The zero-order chi connectivity index (χ0) is 14.9. The van der Waals surface area contributed by atoms with Crippen molar-refractivity contribution in [2.45, 2.75) is 31.7 Å². The molecule has 0 N–H and O–H groups in total. The summed E-state index contributed by atoms with van der Waals surface area (Å²) in [5.41, 5.74) is 1.46. The molecule has 1 aromatic carbocycles. The molecule has 2 nitrogen and oxygen atoms in total. The minimum atomic E-state index is 0.747. The quantitative estimate of drug-likeness (QED) is 0.680. The second kappa shape index (κ2) is 9.50. The first kappa shape index (κ1) is 16.9. The highest BCUT2D eigenvalue weighted by molar-refractivity contribution is 7.98. The Morgan fingerprint density at radius 1 is 1.29 bits per heavy atom. The standard InChI is InChI=1S/C18H30N2S/c1-19(14-11-17-8-4-3-5-9-17)18-10-6-12-20(16-18)13-7-15-21-2/h3-5,8-9,18H,6-7,10-16H2,1-2H3. The fourth-order valence-corrected chi connectivity index (χ4v) is 3.58. The van der Waals surface area contributed by atoms with Gasteiger partial charge in [0.15, 0.2) is 0 Å². The molecule has 0 bridgehead atoms. The summed E-state index contributed by atoms with van der Waals surface area (Å²) in [6, 6.07) is 11.6. The van der Waals surface area contributed by atoms with Crippen molar-refractivity contribution in [2.75, 3.05) is 45.2 Å². The number of thioether (sulfide) groups is 1. The van der Waals surface area contributed by atoms with Crippen LogP contribution in [0.4, 0.5) is 0 Å². The first-order chi connectivity index (χ1) is 10.3. The van der Waals surface area contributed by atoms with E-state index in [1.54, 1.807) is 0 Å². The average Bonchev–Trinajstić information content (AvgIpc) is 2.54. The second-order valence-corrected chi connectivity index (χ2v) is 7.14. The van der Waals surface area contributed by atoms with E-state index in [0.717, 1.165) is 6.04 Å². The summed E-state index contributed by atoms with van der Waals surface area (Å²) in [6.07, 6.45) is 7.43. The largest absolute Gasteiger partial charge is 0.302 e. The van der Waals surface area contributed by atoms with E-state index >= 15 is 0 Å². The Hall–Kier alpha value is -0.510. The van der Waals surface area contributed by atoms with Gasteiger partial charge in [-0.25, -0.2) is 0 Å². The third kappa shape index (κ3) is 6.01. The lowest BCUT2D eigenvalue weighted by Crippen LogP contribution is -2.47. The zero-order valence-electron chi connectivity index (χ0n) is 13.6. The van der Waals surface area contributed by atoms with Crippen LogP contribution in [-0.4, -0.2) is 61.1 Å². The van der Waals surface area contributed by atoms with Gasteiger partial charge in [0, 0.05) is 19.1 Å². The van der Waals surface area contributed by atoms with Gasteiger partial charge >= 0.3 is 0 Å². The third-order valence-electron chi connectivity index (χ3n) is 4.52. The lowest BCUT2D eigenvalue weighted by Gasteiger charge is -2.37. The number of likely N-dealkylation sites (N-methyl/N-ethyl adjacent to an activating group) is 1. The predicted octanol–water partition coefficient (Wildman–Crippen LogP) is 3.38. The molecule has 0 saturated carbocycles. The maximum absolute atomic E-state index is 2.67. The average molecular weight is 307 g/mol. The molecular formula is C18H30N2S. The molecular weight excluding hydrogens is 276 g/mol. The van der Waals surface area contributed by atoms with Crippen LogP contribution >= 0.6 is 11.8 Å². The van der Waals surface area contributed by atoms with Gasteiger partial charge in [0.25, 0.3) is 0 Å². The molecule has 1 aliphatic rings. The highest BCUT2D eigenvalue weighted by Gasteiger charge is 2.22. The third-order valence-corrected chi connectivity index (χ3v) is 5.22. The van der Waals surface area contributed by atoms with Crippen molar-refractivity contribution in [3.63, 3.8) is 0 Å². The molecule has 1 unspecified atom stereocenters. The van der Waals surface area contributed by atoms with Crippen LogP contribution in [0.25, 0.3) is 0 Å². The molecule has 1 aromatic rings. The molecule has 3 heteroatoms. The Bertz CT molecular complexity index is 382. The molecule has 0 aliphatic carbocycles. The molecule has 1 saturated heterocycles. The molecule has 21 heavy (non-hydrogen) atoms. The molecule has 1 aliphatic heterocycles. The van der Waals surface area contributed by atoms with E-state index in [0.29, 0.717) is 0 Å². The fourth-order valence-electron chi connectivity index (χ4n) is 3.16. The molecule has 0 radical (unpaired) electrons. The van der Waals surface area contributed by atoms with Gasteiger partial charge in [-0.1, -0.05) is 30.3 Å². The lowest BCUT2D eigenvalue weighted by atomic mass is 10.0. The summed E-state index contributed by atoms with van der Waals surface area (Å²) in [5, 5.41) is 0. The van der Waals surface area contributed by atoms with Crippen molar-refractivity contribution in [3.05, 3.63) is 35.9 Å². The van der Waals surface area contributed by atoms with E-state index in [4.69, 9.17) is 0 Å². The van der Waals surface area contributed by atoms with Crippen molar-refractivity contribution >= 4 is 11.8 Å². The maximum atomic E-state index is 2.67. The minimum Gasteiger partial charge on any atom is -0.302 e. The smallest absolute Gasteiger partial charge is 0.0220 e. The van der Waals surface area contributed by atoms with E-state index in [1.165, 1.54) is 63.2 Å². The molecule has 1 heterocycles. The zero-order valence-corrected chi connectivity index (χ0v) is 14.4. The Balaban J connectivity index is 1.72. The summed E-state index contributed by atoms with van der Waals surface area (Å²) in [7, 11) is 2.30. The van der Waals surface area contributed by atoms with Crippen LogP contribution in [-0.2, 0) is 6.42 Å². The highest BCUT2D eigenvalue weighted by Crippen LogP contribution is 2.16. The summed E-state index contributed by atoms with van der Waals surface area (Å²) >= 11 is 1.97. The van der Waals surface area contributed by atoms with Gasteiger partial charge in [-0.3, -0.25) is 0 Å². The van der Waals surface area contributed by atoms with Gasteiger partial charge in [0.2, 0.25) is 0 Å². The topological polar surface area (TPSA) is 6.48 Å². The van der Waals surface area contributed by atoms with Crippen LogP contribution in [0.5, 0.6) is 0 Å². The Labute approximate surface area is 134 Å². The summed E-state index contributed by atoms with van der Waals surface area (Å²) < 4.78 is 0. The van der Waals surface area contributed by atoms with Crippen LogP contribution in [0.15, 0.2) is 30.3 Å². The highest BCUT2D eigenvalue weighted by atomic mass is 32.2. The number of benzene rings is 1. The lowest BCUT2D eigenvalue weighted by molar-refractivity contribution is 0.117. The van der Waals surface area contributed by atoms with Crippen molar-refractivity contribution in [1.82, 2.24) is 9.80 Å². The van der Waals surface area contributed by atoms with E-state index in [1.807, 2.05) is 11.8 Å². The van der Waals surface area contributed by atoms with Crippen LogP contribution in [0.1, 0.15) is 24.8 Å². The number of hydrogen-bond donors (Lipinski definition) is 0. The summed E-state index contributed by atoms with van der Waals surface area (Å²) in [6.45, 7) is 5.02. The normalized spacial score (nSPS) is 20.0. The SMILES string of the molecule is CSCCCN1CCCC(N(C)CCc2ccccc2)C1. The first-order valence-electron chi connectivity index (χ1n) is 8.25. The van der Waals surface area contributed by atoms with Crippen LogP contribution in [0.3, 0.4) is 0 Å². The molecule has 0 amide bonds. The van der Waals surface area contributed by atoms with Gasteiger partial charge in [-0.15, -0.1) is 0 Å². The van der Waals surface area contributed by atoms with Gasteiger partial charge in [0.1, 0.15) is 0 Å². The maximum Gasteiger partial charge on any atom is 0.0220 e. The predicted molar refractivity (Wildman–Crippen MR) is 95.2 cm³/mol. The first-order valence-corrected chi connectivity index (χ1v) is 9.64. The minimum absolute atomic E-state index is 0.747. The second-order valence-electron chi connectivity index (χ2n) is 6.16. The number of likely N-dealkylation sites (tertiary alicyclic amines) is 1. The van der Waals surface area contributed by atoms with Crippen LogP contribution < -0.4 is 0 Å². The fraction of sp³-hybridized carbons (Fsp3) is 0.667. The van der Waals surface area contributed by atoms with Gasteiger partial charge in [-0.05, 0) is 63.4 Å². The molecule has 2 rings (SSSR count). The molecule has 0 spiro atoms. The molecule has 0 aromatic heterocycles. The van der Waals surface area contributed by atoms with Crippen LogP contribution in [0, 0.1) is 0 Å². The van der Waals surface area contributed by atoms with Crippen molar-refractivity contribution < 1.29 is 0 Å². The number of rotatable bonds is 8. The number of hydrogen-bond acceptors (Lipinski definition) is 3. The summed E-state index contributed by atoms with van der Waals surface area (Å²) in [4.78, 5) is 5.25. The van der Waals surface area contributed by atoms with E-state index in [9.17, 15) is 0 Å². The summed E-state index contributed by atoms with van der Waals surface area (Å²) in [5.74, 6) is 1.30. The van der Waals surface area contributed by atoms with Gasteiger partial charge in [-0.2, -0.15) is 11.8 Å². The Kier molecular flexibility index (Phi) is 7.62. The van der Waals surface area contributed by atoms with Crippen molar-refractivity contribution in [2.24, 2.45) is 0 Å². The van der Waals surface area contributed by atoms with Crippen molar-refractivity contribution in [1.29, 1.82) is 0 Å². The monoisotopic (exact) mass is 306 g/mol.